The highest BCUT2D eigenvalue weighted by molar-refractivity contribution is 6.11. The minimum atomic E-state index is -1.30. The Kier molecular flexibility index (Phi) is 17.1. The molecule has 0 aromatic heterocycles. The van der Waals surface area contributed by atoms with Crippen molar-refractivity contribution in [3.05, 3.63) is 120 Å². The first kappa shape index (κ1) is 41.4. The van der Waals surface area contributed by atoms with Crippen molar-refractivity contribution in [1.82, 2.24) is 10.6 Å². The van der Waals surface area contributed by atoms with Gasteiger partial charge in [-0.3, -0.25) is 19.2 Å². The zero-order valence-corrected chi connectivity index (χ0v) is 31.4. The van der Waals surface area contributed by atoms with Crippen molar-refractivity contribution < 1.29 is 19.2 Å². The fraction of sp³-hybridized carbons (Fsp3) is 0.467. The number of carbonyl (C=O) groups is 4. The average Bonchev–Trinajstić information content (AvgIpc) is 3.19. The second-order valence-corrected chi connectivity index (χ2v) is 14.7. The number of nitrogens with two attached hydrogens (primary N) is 2. The summed E-state index contributed by atoms with van der Waals surface area (Å²) in [6.07, 6.45) is 28.4. The van der Waals surface area contributed by atoms with Gasteiger partial charge in [-0.2, -0.15) is 0 Å². The van der Waals surface area contributed by atoms with Crippen molar-refractivity contribution in [1.29, 1.82) is 0 Å². The molecule has 2 aromatic carbocycles. The number of allylic oxidation sites excluding steroid dienone is 6. The number of hydrogen-bond donors (Lipinski definition) is 4. The maximum absolute atomic E-state index is 13.7. The Bertz CT molecular complexity index is 1470. The second-order valence-electron chi connectivity index (χ2n) is 14.7. The minimum absolute atomic E-state index is 0.156. The average molecular weight is 721 g/mol. The van der Waals surface area contributed by atoms with Crippen LogP contribution in [0.5, 0.6) is 0 Å². The van der Waals surface area contributed by atoms with Gasteiger partial charge in [0.15, 0.2) is 11.6 Å². The number of rotatable bonds is 26. The molecule has 0 aliphatic heterocycles. The smallest absolute Gasteiger partial charge is 0.235 e. The van der Waals surface area contributed by atoms with Crippen LogP contribution in [0.25, 0.3) is 0 Å². The van der Waals surface area contributed by atoms with Crippen LogP contribution in [0, 0.1) is 10.8 Å². The van der Waals surface area contributed by atoms with Gasteiger partial charge in [-0.1, -0.05) is 167 Å². The highest BCUT2D eigenvalue weighted by Gasteiger charge is 2.45. The van der Waals surface area contributed by atoms with Crippen LogP contribution in [0.3, 0.4) is 0 Å². The molecular weight excluding hydrogens is 661 g/mol. The highest BCUT2D eigenvalue weighted by Crippen LogP contribution is 2.32. The Morgan fingerprint density at radius 1 is 0.509 bits per heavy atom. The fourth-order valence-electron chi connectivity index (χ4n) is 7.44. The van der Waals surface area contributed by atoms with Gasteiger partial charge in [-0.25, -0.2) is 0 Å². The number of ketones is 2. The lowest BCUT2D eigenvalue weighted by Gasteiger charge is -2.31. The van der Waals surface area contributed by atoms with Gasteiger partial charge < -0.3 is 22.1 Å². The third-order valence-corrected chi connectivity index (χ3v) is 10.7. The first-order chi connectivity index (χ1) is 25.8. The maximum atomic E-state index is 13.7. The van der Waals surface area contributed by atoms with E-state index in [1.54, 1.807) is 24.3 Å². The van der Waals surface area contributed by atoms with Crippen LogP contribution in [-0.4, -0.2) is 48.6 Å². The zero-order valence-electron chi connectivity index (χ0n) is 31.4. The molecule has 6 N–H and O–H groups in total. The van der Waals surface area contributed by atoms with Gasteiger partial charge in [0.25, 0.3) is 0 Å². The molecule has 284 valence electrons. The number of amides is 2. The third-order valence-electron chi connectivity index (χ3n) is 10.7. The first-order valence-electron chi connectivity index (χ1n) is 19.7. The van der Waals surface area contributed by atoms with E-state index < -0.39 is 34.7 Å². The molecule has 2 aromatic rings. The van der Waals surface area contributed by atoms with Crippen molar-refractivity contribution in [3.63, 3.8) is 0 Å². The van der Waals surface area contributed by atoms with Crippen LogP contribution < -0.4 is 22.1 Å². The van der Waals surface area contributed by atoms with E-state index >= 15 is 0 Å². The summed E-state index contributed by atoms with van der Waals surface area (Å²) >= 11 is 0. The summed E-state index contributed by atoms with van der Waals surface area (Å²) < 4.78 is 0. The van der Waals surface area contributed by atoms with Gasteiger partial charge in [0.2, 0.25) is 11.8 Å². The van der Waals surface area contributed by atoms with E-state index in [1.807, 2.05) is 85.0 Å². The topological polar surface area (TPSA) is 144 Å². The number of nitrogens with one attached hydrogen (secondary N) is 2. The molecule has 2 amide bonds. The molecule has 0 heterocycles. The van der Waals surface area contributed by atoms with Crippen molar-refractivity contribution in [2.75, 3.05) is 13.1 Å². The molecule has 2 aliphatic rings. The third kappa shape index (κ3) is 12.3. The molecule has 2 aliphatic carbocycles. The summed E-state index contributed by atoms with van der Waals surface area (Å²) in [6, 6.07) is 18.9. The van der Waals surface area contributed by atoms with Crippen LogP contribution in [-0.2, 0) is 32.0 Å². The normalized spacial score (nSPS) is 20.2. The van der Waals surface area contributed by atoms with Gasteiger partial charge in [0.05, 0.1) is 12.1 Å². The summed E-state index contributed by atoms with van der Waals surface area (Å²) in [5.74, 6) is -1.50. The Morgan fingerprint density at radius 3 is 1.15 bits per heavy atom. The first-order valence-corrected chi connectivity index (χ1v) is 19.7. The number of benzene rings is 2. The molecular formula is C45H60N4O4. The van der Waals surface area contributed by atoms with Crippen LogP contribution >= 0.6 is 0 Å². The lowest BCUT2D eigenvalue weighted by Crippen LogP contribution is -2.52. The molecule has 8 nitrogen and oxygen atoms in total. The van der Waals surface area contributed by atoms with Crippen molar-refractivity contribution in [2.24, 2.45) is 22.3 Å². The lowest BCUT2D eigenvalue weighted by atomic mass is 9.73. The molecule has 53 heavy (non-hydrogen) atoms. The molecule has 0 saturated carbocycles. The predicted molar refractivity (Wildman–Crippen MR) is 214 cm³/mol. The number of hydrogen-bond acceptors (Lipinski definition) is 6. The largest absolute Gasteiger partial charge is 0.369 e. The van der Waals surface area contributed by atoms with E-state index in [4.69, 9.17) is 11.5 Å². The second kappa shape index (κ2) is 22.0. The van der Waals surface area contributed by atoms with Gasteiger partial charge in [0, 0.05) is 0 Å². The van der Waals surface area contributed by atoms with Crippen LogP contribution in [0.15, 0.2) is 109 Å². The van der Waals surface area contributed by atoms with E-state index in [0.717, 1.165) is 49.7 Å². The van der Waals surface area contributed by atoms with E-state index in [-0.39, 0.29) is 11.6 Å². The molecule has 4 unspecified atom stereocenters. The fourth-order valence-corrected chi connectivity index (χ4v) is 7.44. The van der Waals surface area contributed by atoms with Crippen LogP contribution in [0.1, 0.15) is 94.6 Å². The van der Waals surface area contributed by atoms with E-state index in [2.05, 4.69) is 10.6 Å². The van der Waals surface area contributed by atoms with Gasteiger partial charge in [-0.15, -0.1) is 0 Å². The van der Waals surface area contributed by atoms with Crippen molar-refractivity contribution in [2.45, 2.75) is 108 Å². The Balaban J connectivity index is 1.08. The Hall–Kier alpha value is -4.40. The molecule has 0 saturated heterocycles. The van der Waals surface area contributed by atoms with E-state index in [0.29, 0.717) is 38.8 Å². The highest BCUT2D eigenvalue weighted by atomic mass is 16.2. The van der Waals surface area contributed by atoms with Crippen molar-refractivity contribution in [3.8, 4) is 0 Å². The SMILES string of the molecule is NC(=O)C1(C(=O)C(Cc2ccccc2)NCCCCCCCCCCCCCNC(Cc2ccccc2)C(=O)C2(C(N)=O)C=CC=CC2)C=CC=CC1. The van der Waals surface area contributed by atoms with Crippen LogP contribution in [0.4, 0.5) is 0 Å². The molecule has 0 radical (unpaired) electrons. The summed E-state index contributed by atoms with van der Waals surface area (Å²) in [5.41, 5.74) is 11.1. The lowest BCUT2D eigenvalue weighted by molar-refractivity contribution is -0.139. The predicted octanol–water partition coefficient (Wildman–Crippen LogP) is 6.79. The monoisotopic (exact) mass is 720 g/mol. The summed E-state index contributed by atoms with van der Waals surface area (Å²) in [5, 5.41) is 6.94. The molecule has 0 fully saturated rings. The summed E-state index contributed by atoms with van der Waals surface area (Å²) in [7, 11) is 0. The summed E-state index contributed by atoms with van der Waals surface area (Å²) in [6.45, 7) is 1.43. The molecule has 8 heteroatoms. The standard InChI is InChI=1S/C45H60N4O4/c46-42(52)44(28-18-12-19-29-44)40(50)38(34-36-24-14-10-15-25-36)48-32-22-8-6-4-2-1-3-5-7-9-23-33-49-39(35-37-26-16-11-17-27-37)41(51)45(43(47)53)30-20-13-21-31-45/h10-21,24-28,30,38-39,48-49H,1-9,22-23,29,31-35H2,(H2,46,52)(H2,47,53). The van der Waals surface area contributed by atoms with Crippen molar-refractivity contribution >= 4 is 23.4 Å². The molecule has 4 atom stereocenters. The van der Waals surface area contributed by atoms with E-state index in [1.165, 1.54) is 32.1 Å². The quantitative estimate of drug-likeness (QED) is 0.0622. The van der Waals surface area contributed by atoms with Crippen LogP contribution in [0.2, 0.25) is 0 Å². The summed E-state index contributed by atoms with van der Waals surface area (Å²) in [4.78, 5) is 52.5. The number of unbranched alkanes of at least 4 members (excludes halogenated alkanes) is 10. The Labute approximate surface area is 316 Å². The number of Topliss-reactive ketones (excluding diaryl/α,β-unsaturated/α-hetero) is 2. The number of carbonyl (C=O) groups excluding carboxylic acids is 4. The molecule has 4 rings (SSSR count). The maximum Gasteiger partial charge on any atom is 0.235 e. The molecule has 0 spiro atoms. The van der Waals surface area contributed by atoms with Gasteiger partial charge in [0.1, 0.15) is 10.8 Å². The van der Waals surface area contributed by atoms with Gasteiger partial charge in [-0.05, 0) is 62.7 Å². The zero-order chi connectivity index (χ0) is 37.8. The Morgan fingerprint density at radius 2 is 0.849 bits per heavy atom. The molecule has 0 bridgehead atoms. The number of primary amides is 2. The minimum Gasteiger partial charge on any atom is -0.369 e. The van der Waals surface area contributed by atoms with E-state index in [9.17, 15) is 19.2 Å². The van der Waals surface area contributed by atoms with Gasteiger partial charge >= 0.3 is 0 Å².